The molecule has 0 aliphatic carbocycles. The van der Waals surface area contributed by atoms with E-state index in [-0.39, 0.29) is 24.5 Å². The van der Waals surface area contributed by atoms with E-state index in [9.17, 15) is 9.59 Å². The zero-order valence-electron chi connectivity index (χ0n) is 12.6. The Kier molecular flexibility index (Phi) is 5.33. The first-order valence-electron chi connectivity index (χ1n) is 7.33. The molecule has 1 aromatic carbocycles. The van der Waals surface area contributed by atoms with Gasteiger partial charge in [0.2, 0.25) is 5.91 Å². The molecule has 1 fully saturated rings. The lowest BCUT2D eigenvalue weighted by Gasteiger charge is -2.19. The monoisotopic (exact) mass is 290 g/mol. The van der Waals surface area contributed by atoms with E-state index in [1.165, 1.54) is 0 Å². The van der Waals surface area contributed by atoms with Crippen molar-refractivity contribution in [3.8, 4) is 0 Å². The van der Waals surface area contributed by atoms with Crippen molar-refractivity contribution in [3.63, 3.8) is 0 Å². The summed E-state index contributed by atoms with van der Waals surface area (Å²) in [7, 11) is 0. The highest BCUT2D eigenvalue weighted by Gasteiger charge is 2.20. The van der Waals surface area contributed by atoms with Gasteiger partial charge in [-0.3, -0.25) is 9.59 Å². The number of nitrogens with zero attached hydrogens (tertiary/aromatic N) is 1. The molecular formula is C16H22N2O3. The molecule has 1 heterocycles. The molecule has 2 rings (SSSR count). The molecular weight excluding hydrogens is 268 g/mol. The van der Waals surface area contributed by atoms with Crippen LogP contribution in [0.25, 0.3) is 0 Å². The van der Waals surface area contributed by atoms with Crippen LogP contribution in [0.5, 0.6) is 0 Å². The van der Waals surface area contributed by atoms with Crippen molar-refractivity contribution in [1.29, 1.82) is 0 Å². The molecule has 2 amide bonds. The van der Waals surface area contributed by atoms with Crippen molar-refractivity contribution < 1.29 is 14.3 Å². The van der Waals surface area contributed by atoms with E-state index in [0.717, 1.165) is 12.0 Å². The zero-order valence-corrected chi connectivity index (χ0v) is 12.6. The summed E-state index contributed by atoms with van der Waals surface area (Å²) in [6.45, 7) is 5.89. The fraction of sp³-hybridized carbons (Fsp3) is 0.500. The molecule has 0 bridgehead atoms. The maximum absolute atomic E-state index is 12.4. The zero-order chi connectivity index (χ0) is 15.2. The minimum atomic E-state index is -0.0946. The van der Waals surface area contributed by atoms with Crippen molar-refractivity contribution in [3.05, 3.63) is 35.4 Å². The van der Waals surface area contributed by atoms with Crippen LogP contribution < -0.4 is 5.32 Å². The van der Waals surface area contributed by atoms with Gasteiger partial charge in [0.1, 0.15) is 0 Å². The van der Waals surface area contributed by atoms with E-state index >= 15 is 0 Å². The van der Waals surface area contributed by atoms with Crippen LogP contribution in [0.2, 0.25) is 0 Å². The topological polar surface area (TPSA) is 58.6 Å². The van der Waals surface area contributed by atoms with Gasteiger partial charge in [0.25, 0.3) is 5.91 Å². The number of benzene rings is 1. The molecule has 1 saturated heterocycles. The standard InChI is InChI=1S/C16H22N2O3/c1-12(2)21-11-13-4-6-14(7-5-13)16(20)18-9-3-8-17-15(19)10-18/h4-7,12H,3,8-11H2,1-2H3,(H,17,19). The first-order valence-corrected chi connectivity index (χ1v) is 7.33. The van der Waals surface area contributed by atoms with Crippen molar-refractivity contribution in [1.82, 2.24) is 10.2 Å². The van der Waals surface area contributed by atoms with Gasteiger partial charge in [0.15, 0.2) is 0 Å². The highest BCUT2D eigenvalue weighted by Crippen LogP contribution is 2.10. The van der Waals surface area contributed by atoms with Gasteiger partial charge in [0, 0.05) is 18.7 Å². The SMILES string of the molecule is CC(C)OCc1ccc(C(=O)N2CCCNC(=O)C2)cc1. The van der Waals surface area contributed by atoms with Crippen molar-refractivity contribution in [2.75, 3.05) is 19.6 Å². The maximum atomic E-state index is 12.4. The Morgan fingerprint density at radius 1 is 1.33 bits per heavy atom. The molecule has 1 aromatic rings. The fourth-order valence-corrected chi connectivity index (χ4v) is 2.17. The molecule has 0 atom stereocenters. The van der Waals surface area contributed by atoms with Crippen LogP contribution in [0, 0.1) is 0 Å². The maximum Gasteiger partial charge on any atom is 0.254 e. The second-order valence-corrected chi connectivity index (χ2v) is 5.49. The van der Waals surface area contributed by atoms with Crippen LogP contribution in [-0.2, 0) is 16.1 Å². The largest absolute Gasteiger partial charge is 0.374 e. The average molecular weight is 290 g/mol. The van der Waals surface area contributed by atoms with Crippen LogP contribution in [0.15, 0.2) is 24.3 Å². The molecule has 0 spiro atoms. The van der Waals surface area contributed by atoms with Crippen molar-refractivity contribution in [2.45, 2.75) is 33.0 Å². The molecule has 21 heavy (non-hydrogen) atoms. The third-order valence-corrected chi connectivity index (χ3v) is 3.33. The van der Waals surface area contributed by atoms with Gasteiger partial charge >= 0.3 is 0 Å². The first-order chi connectivity index (χ1) is 10.1. The Balaban J connectivity index is 2.00. The predicted octanol–water partition coefficient (Wildman–Crippen LogP) is 1.57. The Morgan fingerprint density at radius 2 is 2.05 bits per heavy atom. The molecule has 0 radical (unpaired) electrons. The third-order valence-electron chi connectivity index (χ3n) is 3.33. The molecule has 0 saturated carbocycles. The van der Waals surface area contributed by atoms with Crippen LogP contribution in [-0.4, -0.2) is 42.5 Å². The molecule has 0 unspecified atom stereocenters. The summed E-state index contributed by atoms with van der Waals surface area (Å²) in [5.41, 5.74) is 1.65. The predicted molar refractivity (Wildman–Crippen MR) is 79.9 cm³/mol. The lowest BCUT2D eigenvalue weighted by Crippen LogP contribution is -2.37. The van der Waals surface area contributed by atoms with E-state index in [1.54, 1.807) is 17.0 Å². The van der Waals surface area contributed by atoms with Gasteiger partial charge in [-0.25, -0.2) is 0 Å². The summed E-state index contributed by atoms with van der Waals surface area (Å²) < 4.78 is 5.53. The smallest absolute Gasteiger partial charge is 0.254 e. The van der Waals surface area contributed by atoms with Gasteiger partial charge in [-0.15, -0.1) is 0 Å². The quantitative estimate of drug-likeness (QED) is 0.916. The number of ether oxygens (including phenoxy) is 1. The summed E-state index contributed by atoms with van der Waals surface area (Å²) in [5, 5.41) is 2.77. The van der Waals surface area contributed by atoms with Crippen molar-refractivity contribution >= 4 is 11.8 Å². The number of carbonyl (C=O) groups is 2. The highest BCUT2D eigenvalue weighted by atomic mass is 16.5. The molecule has 1 aliphatic heterocycles. The van der Waals surface area contributed by atoms with E-state index in [0.29, 0.717) is 25.3 Å². The van der Waals surface area contributed by atoms with Gasteiger partial charge in [-0.1, -0.05) is 12.1 Å². The number of carbonyl (C=O) groups excluding carboxylic acids is 2. The van der Waals surface area contributed by atoms with E-state index in [4.69, 9.17) is 4.74 Å². The number of nitrogens with one attached hydrogen (secondary N) is 1. The second kappa shape index (κ2) is 7.22. The number of amides is 2. The molecule has 114 valence electrons. The van der Waals surface area contributed by atoms with Crippen LogP contribution in [0.3, 0.4) is 0 Å². The fourth-order valence-electron chi connectivity index (χ4n) is 2.17. The van der Waals surface area contributed by atoms with Crippen molar-refractivity contribution in [2.24, 2.45) is 0 Å². The van der Waals surface area contributed by atoms with E-state index in [2.05, 4.69) is 5.32 Å². The van der Waals surface area contributed by atoms with Crippen LogP contribution >= 0.6 is 0 Å². The molecule has 0 aromatic heterocycles. The molecule has 5 heteroatoms. The minimum Gasteiger partial charge on any atom is -0.374 e. The number of hydrogen-bond acceptors (Lipinski definition) is 3. The molecule has 1 N–H and O–H groups in total. The number of rotatable bonds is 4. The Hall–Kier alpha value is -1.88. The van der Waals surface area contributed by atoms with Crippen LogP contribution in [0.4, 0.5) is 0 Å². The first kappa shape index (κ1) is 15.5. The normalized spacial score (nSPS) is 15.8. The number of hydrogen-bond donors (Lipinski definition) is 1. The average Bonchev–Trinajstić information content (AvgIpc) is 2.69. The molecule has 5 nitrogen and oxygen atoms in total. The van der Waals surface area contributed by atoms with Gasteiger partial charge in [-0.05, 0) is 38.0 Å². The van der Waals surface area contributed by atoms with E-state index < -0.39 is 0 Å². The lowest BCUT2D eigenvalue weighted by atomic mass is 10.1. The highest BCUT2D eigenvalue weighted by molar-refractivity contribution is 5.96. The Bertz CT molecular complexity index is 497. The molecule has 1 aliphatic rings. The Morgan fingerprint density at radius 3 is 2.71 bits per heavy atom. The minimum absolute atomic E-state index is 0.0941. The van der Waals surface area contributed by atoms with Crippen LogP contribution in [0.1, 0.15) is 36.2 Å². The summed E-state index contributed by atoms with van der Waals surface area (Å²) in [6, 6.07) is 7.38. The van der Waals surface area contributed by atoms with Gasteiger partial charge in [0.05, 0.1) is 19.3 Å². The lowest BCUT2D eigenvalue weighted by molar-refractivity contribution is -0.121. The second-order valence-electron chi connectivity index (χ2n) is 5.49. The van der Waals surface area contributed by atoms with Gasteiger partial charge < -0.3 is 15.0 Å². The summed E-state index contributed by atoms with van der Waals surface area (Å²) in [6.07, 6.45) is 0.972. The van der Waals surface area contributed by atoms with Gasteiger partial charge in [-0.2, -0.15) is 0 Å². The third kappa shape index (κ3) is 4.56. The van der Waals surface area contributed by atoms with E-state index in [1.807, 2.05) is 26.0 Å². The Labute approximate surface area is 125 Å². The summed E-state index contributed by atoms with van der Waals surface area (Å²) >= 11 is 0. The summed E-state index contributed by atoms with van der Waals surface area (Å²) in [4.78, 5) is 25.5. The summed E-state index contributed by atoms with van der Waals surface area (Å²) in [5.74, 6) is -0.189.